The summed E-state index contributed by atoms with van der Waals surface area (Å²) < 4.78 is 5.11. The van der Waals surface area contributed by atoms with E-state index in [4.69, 9.17) is 4.74 Å². The second kappa shape index (κ2) is 5.69. The number of fused-ring (bicyclic) bond motifs is 5. The van der Waals surface area contributed by atoms with E-state index in [9.17, 15) is 15.0 Å². The van der Waals surface area contributed by atoms with Crippen molar-refractivity contribution in [3.8, 4) is 0 Å². The molecule has 0 spiro atoms. The number of carbonyl (C=O) groups excluding carboxylic acids is 1. The van der Waals surface area contributed by atoms with Crippen LogP contribution >= 0.6 is 0 Å². The molecule has 0 saturated heterocycles. The molecule has 0 aromatic rings. The number of aliphatic hydroxyl groups is 2. The van der Waals surface area contributed by atoms with Gasteiger partial charge in [-0.05, 0) is 80.0 Å². The minimum Gasteiger partial charge on any atom is -0.469 e. The number of rotatable bonds is 1. The van der Waals surface area contributed by atoms with Crippen LogP contribution in [0.3, 0.4) is 0 Å². The molecule has 0 aromatic heterocycles. The second-order valence-corrected chi connectivity index (χ2v) is 9.96. The zero-order chi connectivity index (χ0) is 18.0. The van der Waals surface area contributed by atoms with Gasteiger partial charge in [0.1, 0.15) is 0 Å². The Balaban J connectivity index is 1.63. The van der Waals surface area contributed by atoms with Crippen LogP contribution in [0.25, 0.3) is 0 Å². The summed E-state index contributed by atoms with van der Waals surface area (Å²) in [7, 11) is 1.51. The Morgan fingerprint density at radius 3 is 2.48 bits per heavy atom. The fraction of sp³-hybridized carbons (Fsp3) is 0.952. The third-order valence-corrected chi connectivity index (χ3v) is 9.27. The second-order valence-electron chi connectivity index (χ2n) is 9.96. The molecule has 0 radical (unpaired) electrons. The maximum absolute atomic E-state index is 12.3. The SMILES string of the molecule is COC(=O)C1CCC2C3CCC4(O)CC(O)CCC4(C)C3CCC12C. The molecule has 0 amide bonds. The molecule has 0 aromatic carbocycles. The molecule has 4 rings (SSSR count). The molecule has 4 aliphatic carbocycles. The van der Waals surface area contributed by atoms with Gasteiger partial charge < -0.3 is 14.9 Å². The maximum atomic E-state index is 12.3. The summed E-state index contributed by atoms with van der Waals surface area (Å²) in [4.78, 5) is 12.3. The molecule has 0 aliphatic heterocycles. The van der Waals surface area contributed by atoms with E-state index in [1.165, 1.54) is 7.11 Å². The molecular formula is C21H34O4. The van der Waals surface area contributed by atoms with Crippen LogP contribution in [-0.2, 0) is 9.53 Å². The lowest BCUT2D eigenvalue weighted by atomic mass is 9.43. The van der Waals surface area contributed by atoms with Crippen molar-refractivity contribution >= 4 is 5.97 Å². The Labute approximate surface area is 151 Å². The van der Waals surface area contributed by atoms with Crippen LogP contribution in [0.1, 0.15) is 71.6 Å². The summed E-state index contributed by atoms with van der Waals surface area (Å²) in [6, 6.07) is 0. The molecule has 142 valence electrons. The van der Waals surface area contributed by atoms with Gasteiger partial charge in [-0.15, -0.1) is 0 Å². The highest BCUT2D eigenvalue weighted by Crippen LogP contribution is 2.68. The lowest BCUT2D eigenvalue weighted by molar-refractivity contribution is -0.220. The van der Waals surface area contributed by atoms with Gasteiger partial charge in [-0.25, -0.2) is 0 Å². The van der Waals surface area contributed by atoms with Crippen LogP contribution in [0.2, 0.25) is 0 Å². The largest absolute Gasteiger partial charge is 0.469 e. The number of methoxy groups -OCH3 is 1. The van der Waals surface area contributed by atoms with Gasteiger partial charge in [0.25, 0.3) is 0 Å². The zero-order valence-electron chi connectivity index (χ0n) is 16.0. The Kier molecular flexibility index (Phi) is 4.05. The van der Waals surface area contributed by atoms with Crippen LogP contribution in [0.15, 0.2) is 0 Å². The molecule has 2 N–H and O–H groups in total. The highest BCUT2D eigenvalue weighted by atomic mass is 16.5. The predicted molar refractivity (Wildman–Crippen MR) is 94.7 cm³/mol. The minimum atomic E-state index is -0.708. The van der Waals surface area contributed by atoms with Crippen molar-refractivity contribution < 1.29 is 19.7 Å². The third kappa shape index (κ3) is 2.29. The minimum absolute atomic E-state index is 0.0252. The number of ether oxygens (including phenoxy) is 1. The van der Waals surface area contributed by atoms with Gasteiger partial charge in [-0.2, -0.15) is 0 Å². The van der Waals surface area contributed by atoms with E-state index < -0.39 is 5.60 Å². The first-order chi connectivity index (χ1) is 11.7. The molecule has 8 atom stereocenters. The summed E-state index contributed by atoms with van der Waals surface area (Å²) in [6.07, 6.45) is 8.01. The number of aliphatic hydroxyl groups excluding tert-OH is 1. The first kappa shape index (κ1) is 17.8. The summed E-state index contributed by atoms with van der Waals surface area (Å²) in [5.74, 6) is 1.72. The van der Waals surface area contributed by atoms with Crippen molar-refractivity contribution in [2.24, 2.45) is 34.5 Å². The van der Waals surface area contributed by atoms with E-state index in [0.717, 1.165) is 51.4 Å². The lowest BCUT2D eigenvalue weighted by Gasteiger charge is -2.63. The molecule has 4 aliphatic rings. The number of esters is 1. The van der Waals surface area contributed by atoms with Crippen molar-refractivity contribution in [1.29, 1.82) is 0 Å². The highest BCUT2D eigenvalue weighted by molar-refractivity contribution is 5.73. The summed E-state index contributed by atoms with van der Waals surface area (Å²) in [5.41, 5.74) is -0.728. The molecule has 4 fully saturated rings. The molecule has 4 nitrogen and oxygen atoms in total. The van der Waals surface area contributed by atoms with Gasteiger partial charge in [0, 0.05) is 6.42 Å². The first-order valence-corrected chi connectivity index (χ1v) is 10.2. The van der Waals surface area contributed by atoms with Crippen LogP contribution in [0.5, 0.6) is 0 Å². The number of hydrogen-bond acceptors (Lipinski definition) is 4. The van der Waals surface area contributed by atoms with E-state index in [0.29, 0.717) is 24.2 Å². The van der Waals surface area contributed by atoms with Crippen molar-refractivity contribution in [2.75, 3.05) is 7.11 Å². The first-order valence-electron chi connectivity index (χ1n) is 10.2. The van der Waals surface area contributed by atoms with E-state index in [1.807, 2.05) is 0 Å². The predicted octanol–water partition coefficient (Wildman–Crippen LogP) is 3.29. The maximum Gasteiger partial charge on any atom is 0.309 e. The van der Waals surface area contributed by atoms with Crippen LogP contribution in [0, 0.1) is 34.5 Å². The van der Waals surface area contributed by atoms with Gasteiger partial charge in [0.2, 0.25) is 0 Å². The Bertz CT molecular complexity index is 562. The van der Waals surface area contributed by atoms with E-state index in [1.54, 1.807) is 0 Å². The zero-order valence-corrected chi connectivity index (χ0v) is 16.0. The Morgan fingerprint density at radius 2 is 1.76 bits per heavy atom. The fourth-order valence-electron chi connectivity index (χ4n) is 7.76. The van der Waals surface area contributed by atoms with Crippen molar-refractivity contribution in [3.63, 3.8) is 0 Å². The van der Waals surface area contributed by atoms with Gasteiger partial charge in [0.15, 0.2) is 0 Å². The van der Waals surface area contributed by atoms with Crippen LogP contribution < -0.4 is 0 Å². The van der Waals surface area contributed by atoms with E-state index in [-0.39, 0.29) is 28.8 Å². The molecule has 4 saturated carbocycles. The van der Waals surface area contributed by atoms with Crippen LogP contribution in [-0.4, -0.2) is 35.0 Å². The molecule has 8 unspecified atom stereocenters. The quantitative estimate of drug-likeness (QED) is 0.712. The highest BCUT2D eigenvalue weighted by Gasteiger charge is 2.65. The standard InChI is InChI=1S/C21H34O4/c1-19-9-8-16-14(15(19)4-5-17(19)18(23)25-3)7-11-21(24)12-13(22)6-10-20(16,21)2/h13-17,22,24H,4-12H2,1-3H3. The Morgan fingerprint density at radius 1 is 1.00 bits per heavy atom. The van der Waals surface area contributed by atoms with Crippen LogP contribution in [0.4, 0.5) is 0 Å². The molecule has 25 heavy (non-hydrogen) atoms. The third-order valence-electron chi connectivity index (χ3n) is 9.27. The normalized spacial score (nSPS) is 55.0. The van der Waals surface area contributed by atoms with Gasteiger partial charge in [-0.3, -0.25) is 4.79 Å². The van der Waals surface area contributed by atoms with E-state index >= 15 is 0 Å². The van der Waals surface area contributed by atoms with Crippen molar-refractivity contribution in [3.05, 3.63) is 0 Å². The average Bonchev–Trinajstić information content (AvgIpc) is 2.92. The fourth-order valence-corrected chi connectivity index (χ4v) is 7.76. The smallest absolute Gasteiger partial charge is 0.309 e. The molecule has 4 heteroatoms. The summed E-state index contributed by atoms with van der Waals surface area (Å²) in [5, 5.41) is 21.5. The summed E-state index contributed by atoms with van der Waals surface area (Å²) >= 11 is 0. The van der Waals surface area contributed by atoms with Crippen molar-refractivity contribution in [2.45, 2.75) is 83.3 Å². The molecular weight excluding hydrogens is 316 g/mol. The summed E-state index contributed by atoms with van der Waals surface area (Å²) in [6.45, 7) is 4.60. The lowest BCUT2D eigenvalue weighted by Crippen LogP contribution is -2.63. The monoisotopic (exact) mass is 350 g/mol. The van der Waals surface area contributed by atoms with Crippen molar-refractivity contribution in [1.82, 2.24) is 0 Å². The van der Waals surface area contributed by atoms with Gasteiger partial charge in [-0.1, -0.05) is 13.8 Å². The number of carbonyl (C=O) groups is 1. The topological polar surface area (TPSA) is 66.8 Å². The molecule has 0 bridgehead atoms. The average molecular weight is 350 g/mol. The Hall–Kier alpha value is -0.610. The molecule has 0 heterocycles. The van der Waals surface area contributed by atoms with Gasteiger partial charge in [0.05, 0.1) is 24.7 Å². The number of hydrogen-bond donors (Lipinski definition) is 2. The van der Waals surface area contributed by atoms with Gasteiger partial charge >= 0.3 is 5.97 Å². The van der Waals surface area contributed by atoms with E-state index in [2.05, 4.69) is 13.8 Å².